The molecule has 0 radical (unpaired) electrons. The highest BCUT2D eigenvalue weighted by molar-refractivity contribution is 7.89. The third-order valence-electron chi connectivity index (χ3n) is 5.64. The largest absolute Gasteiger partial charge is 0.494 e. The van der Waals surface area contributed by atoms with Gasteiger partial charge in [-0.25, -0.2) is 8.42 Å². The standard InChI is InChI=1S/C27H32N2O4S/c1-5-22-14-10-11-19(3)26(22)28-27(30)24(18-21-12-8-7-9-13-21)29-34(31,32)23-15-16-25(33-6-2)20(4)17-23/h7-17,24,29H,5-6,18H2,1-4H3,(H,28,30)/t24-/m1/s1. The van der Waals surface area contributed by atoms with Gasteiger partial charge in [-0.05, 0) is 74.1 Å². The lowest BCUT2D eigenvalue weighted by molar-refractivity contribution is -0.117. The molecule has 6 nitrogen and oxygen atoms in total. The van der Waals surface area contributed by atoms with Crippen molar-refractivity contribution in [3.05, 3.63) is 89.0 Å². The molecule has 3 aromatic carbocycles. The topological polar surface area (TPSA) is 84.5 Å². The summed E-state index contributed by atoms with van der Waals surface area (Å²) < 4.78 is 34.7. The van der Waals surface area contributed by atoms with Crippen molar-refractivity contribution < 1.29 is 17.9 Å². The first-order chi connectivity index (χ1) is 16.2. The first kappa shape index (κ1) is 25.5. The quantitative estimate of drug-likeness (QED) is 0.437. The molecular weight excluding hydrogens is 448 g/mol. The molecule has 3 rings (SSSR count). The second kappa shape index (κ2) is 11.3. The van der Waals surface area contributed by atoms with E-state index in [-0.39, 0.29) is 11.3 Å². The molecule has 0 aliphatic heterocycles. The molecular formula is C27H32N2O4S. The van der Waals surface area contributed by atoms with Gasteiger partial charge in [-0.2, -0.15) is 4.72 Å². The van der Waals surface area contributed by atoms with Crippen molar-refractivity contribution >= 4 is 21.6 Å². The van der Waals surface area contributed by atoms with Gasteiger partial charge in [-0.1, -0.05) is 55.5 Å². The first-order valence-electron chi connectivity index (χ1n) is 11.4. The number of benzene rings is 3. The van der Waals surface area contributed by atoms with E-state index < -0.39 is 22.0 Å². The van der Waals surface area contributed by atoms with Gasteiger partial charge in [0.25, 0.3) is 0 Å². The lowest BCUT2D eigenvalue weighted by Gasteiger charge is -2.21. The highest BCUT2D eigenvalue weighted by Crippen LogP contribution is 2.24. The summed E-state index contributed by atoms with van der Waals surface area (Å²) in [6, 6.07) is 18.9. The third-order valence-corrected chi connectivity index (χ3v) is 7.11. The van der Waals surface area contributed by atoms with Crippen LogP contribution in [0, 0.1) is 13.8 Å². The summed E-state index contributed by atoms with van der Waals surface area (Å²) in [5.74, 6) is 0.228. The Morgan fingerprint density at radius 3 is 2.32 bits per heavy atom. The Morgan fingerprint density at radius 2 is 1.68 bits per heavy atom. The summed E-state index contributed by atoms with van der Waals surface area (Å²) in [5, 5.41) is 2.98. The van der Waals surface area contributed by atoms with Gasteiger partial charge in [0.2, 0.25) is 15.9 Å². The van der Waals surface area contributed by atoms with Crippen LogP contribution < -0.4 is 14.8 Å². The molecule has 3 aromatic rings. The summed E-state index contributed by atoms with van der Waals surface area (Å²) in [7, 11) is -3.96. The Kier molecular flexibility index (Phi) is 8.47. The number of hydrogen-bond acceptors (Lipinski definition) is 4. The van der Waals surface area contributed by atoms with Crippen molar-refractivity contribution in [2.75, 3.05) is 11.9 Å². The minimum atomic E-state index is -3.96. The summed E-state index contributed by atoms with van der Waals surface area (Å²) in [6.07, 6.45) is 0.965. The average molecular weight is 481 g/mol. The van der Waals surface area contributed by atoms with Gasteiger partial charge in [0.15, 0.2) is 0 Å². The maximum absolute atomic E-state index is 13.4. The second-order valence-electron chi connectivity index (χ2n) is 8.18. The molecule has 0 aliphatic rings. The van der Waals surface area contributed by atoms with Crippen molar-refractivity contribution in [1.29, 1.82) is 0 Å². The Balaban J connectivity index is 1.92. The lowest BCUT2D eigenvalue weighted by Crippen LogP contribution is -2.45. The molecule has 0 bridgehead atoms. The van der Waals surface area contributed by atoms with Crippen molar-refractivity contribution in [2.45, 2.75) is 51.5 Å². The van der Waals surface area contributed by atoms with E-state index >= 15 is 0 Å². The Labute approximate surface area is 202 Å². The molecule has 0 unspecified atom stereocenters. The van der Waals surface area contributed by atoms with E-state index in [1.165, 1.54) is 6.07 Å². The van der Waals surface area contributed by atoms with Gasteiger partial charge in [-0.15, -0.1) is 0 Å². The van der Waals surface area contributed by atoms with E-state index in [0.717, 1.165) is 28.8 Å². The summed E-state index contributed by atoms with van der Waals surface area (Å²) in [6.45, 7) is 8.10. The van der Waals surface area contributed by atoms with E-state index in [1.807, 2.05) is 69.3 Å². The van der Waals surface area contributed by atoms with Gasteiger partial charge in [-0.3, -0.25) is 4.79 Å². The van der Waals surface area contributed by atoms with Gasteiger partial charge >= 0.3 is 0 Å². The zero-order chi connectivity index (χ0) is 24.7. The van der Waals surface area contributed by atoms with Crippen LogP contribution in [0.25, 0.3) is 0 Å². The smallest absolute Gasteiger partial charge is 0.242 e. The van der Waals surface area contributed by atoms with Crippen LogP contribution in [0.3, 0.4) is 0 Å². The molecule has 0 saturated heterocycles. The van der Waals surface area contributed by atoms with Crippen LogP contribution in [0.5, 0.6) is 5.75 Å². The molecule has 0 fully saturated rings. The highest BCUT2D eigenvalue weighted by atomic mass is 32.2. The Hall–Kier alpha value is -3.16. The van der Waals surface area contributed by atoms with Crippen LogP contribution in [0.1, 0.15) is 36.1 Å². The van der Waals surface area contributed by atoms with Gasteiger partial charge in [0.1, 0.15) is 11.8 Å². The number of carbonyl (C=O) groups excluding carboxylic acids is 1. The number of ether oxygens (including phenoxy) is 1. The van der Waals surface area contributed by atoms with Gasteiger partial charge in [0.05, 0.1) is 11.5 Å². The normalized spacial score (nSPS) is 12.2. The maximum atomic E-state index is 13.4. The Bertz CT molecular complexity index is 1240. The molecule has 0 aliphatic carbocycles. The van der Waals surface area contributed by atoms with Crippen molar-refractivity contribution in [2.24, 2.45) is 0 Å². The molecule has 7 heteroatoms. The fraction of sp³-hybridized carbons (Fsp3) is 0.296. The van der Waals surface area contributed by atoms with Crippen LogP contribution in [-0.4, -0.2) is 27.0 Å². The molecule has 0 saturated carbocycles. The SMILES string of the molecule is CCOc1ccc(S(=O)(=O)N[C@H](Cc2ccccc2)C(=O)Nc2c(C)cccc2CC)cc1C. The van der Waals surface area contributed by atoms with E-state index in [1.54, 1.807) is 19.1 Å². The van der Waals surface area contributed by atoms with Crippen LogP contribution in [0.4, 0.5) is 5.69 Å². The monoisotopic (exact) mass is 480 g/mol. The highest BCUT2D eigenvalue weighted by Gasteiger charge is 2.27. The molecule has 0 aromatic heterocycles. The first-order valence-corrected chi connectivity index (χ1v) is 12.9. The van der Waals surface area contributed by atoms with E-state index in [9.17, 15) is 13.2 Å². The van der Waals surface area contributed by atoms with Crippen LogP contribution in [0.2, 0.25) is 0 Å². The zero-order valence-corrected chi connectivity index (χ0v) is 20.9. The van der Waals surface area contributed by atoms with Gasteiger partial charge < -0.3 is 10.1 Å². The summed E-state index contributed by atoms with van der Waals surface area (Å²) >= 11 is 0. The molecule has 0 heterocycles. The van der Waals surface area contributed by atoms with Crippen molar-refractivity contribution in [1.82, 2.24) is 4.72 Å². The number of aryl methyl sites for hydroxylation is 3. The predicted molar refractivity (Wildman–Crippen MR) is 136 cm³/mol. The fourth-order valence-electron chi connectivity index (χ4n) is 3.81. The van der Waals surface area contributed by atoms with Gasteiger partial charge in [0, 0.05) is 5.69 Å². The number of carbonyl (C=O) groups is 1. The number of hydrogen-bond donors (Lipinski definition) is 2. The zero-order valence-electron chi connectivity index (χ0n) is 20.1. The fourth-order valence-corrected chi connectivity index (χ4v) is 5.09. The summed E-state index contributed by atoms with van der Waals surface area (Å²) in [4.78, 5) is 13.5. The van der Waals surface area contributed by atoms with Crippen LogP contribution in [0.15, 0.2) is 71.6 Å². The minimum absolute atomic E-state index is 0.0875. The molecule has 34 heavy (non-hydrogen) atoms. The maximum Gasteiger partial charge on any atom is 0.242 e. The predicted octanol–water partition coefficient (Wildman–Crippen LogP) is 4.79. The summed E-state index contributed by atoms with van der Waals surface area (Å²) in [5.41, 5.74) is 4.21. The van der Waals surface area contributed by atoms with E-state index in [4.69, 9.17) is 4.74 Å². The Morgan fingerprint density at radius 1 is 0.941 bits per heavy atom. The average Bonchev–Trinajstić information content (AvgIpc) is 2.81. The number of sulfonamides is 1. The van der Waals surface area contributed by atoms with Crippen LogP contribution in [-0.2, 0) is 27.7 Å². The minimum Gasteiger partial charge on any atom is -0.494 e. The van der Waals surface area contributed by atoms with E-state index in [0.29, 0.717) is 17.9 Å². The van der Waals surface area contributed by atoms with Crippen molar-refractivity contribution in [3.63, 3.8) is 0 Å². The number of nitrogens with one attached hydrogen (secondary N) is 2. The third kappa shape index (κ3) is 6.24. The molecule has 1 amide bonds. The second-order valence-corrected chi connectivity index (χ2v) is 9.89. The molecule has 0 spiro atoms. The number of rotatable bonds is 10. The van der Waals surface area contributed by atoms with E-state index in [2.05, 4.69) is 10.0 Å². The van der Waals surface area contributed by atoms with Crippen LogP contribution >= 0.6 is 0 Å². The molecule has 180 valence electrons. The lowest BCUT2D eigenvalue weighted by atomic mass is 10.0. The van der Waals surface area contributed by atoms with Crippen molar-refractivity contribution in [3.8, 4) is 5.75 Å². The number of amides is 1. The number of anilines is 1. The molecule has 2 N–H and O–H groups in total. The number of para-hydroxylation sites is 1. The molecule has 1 atom stereocenters.